The van der Waals surface area contributed by atoms with Crippen LogP contribution in [0.4, 0.5) is 10.1 Å². The summed E-state index contributed by atoms with van der Waals surface area (Å²) < 4.78 is 24.9. The van der Waals surface area contributed by atoms with Crippen molar-refractivity contribution in [2.45, 2.75) is 9.92 Å². The number of anilines is 1. The van der Waals surface area contributed by atoms with E-state index < -0.39 is 0 Å². The van der Waals surface area contributed by atoms with Crippen molar-refractivity contribution in [3.05, 3.63) is 101 Å². The molecule has 1 aromatic heterocycles. The molecule has 4 aromatic rings. The fourth-order valence-electron chi connectivity index (χ4n) is 3.12. The van der Waals surface area contributed by atoms with Gasteiger partial charge in [0.05, 0.1) is 25.6 Å². The fourth-order valence-corrected chi connectivity index (χ4v) is 3.89. The molecule has 0 aliphatic rings. The number of aromatic nitrogens is 2. The highest BCUT2D eigenvalue weighted by molar-refractivity contribution is 7.99. The van der Waals surface area contributed by atoms with Gasteiger partial charge in [0.25, 0.3) is 11.5 Å². The molecule has 172 valence electrons. The number of carbonyl (C=O) groups is 1. The van der Waals surface area contributed by atoms with Gasteiger partial charge in [-0.05, 0) is 66.7 Å². The summed E-state index contributed by atoms with van der Waals surface area (Å²) in [6.07, 6.45) is 0. The monoisotopic (exact) mass is 477 g/mol. The van der Waals surface area contributed by atoms with Crippen molar-refractivity contribution < 1.29 is 18.7 Å². The summed E-state index contributed by atoms with van der Waals surface area (Å²) in [6, 6.07) is 20.6. The fraction of sp³-hybridized carbons (Fsp3) is 0.0800. The molecule has 0 aliphatic carbocycles. The molecule has 0 bridgehead atoms. The van der Waals surface area contributed by atoms with Crippen LogP contribution in [0.25, 0.3) is 5.69 Å². The van der Waals surface area contributed by atoms with Gasteiger partial charge in [0.2, 0.25) is 0 Å². The van der Waals surface area contributed by atoms with Gasteiger partial charge >= 0.3 is 0 Å². The second kappa shape index (κ2) is 10.2. The van der Waals surface area contributed by atoms with Crippen molar-refractivity contribution in [1.82, 2.24) is 9.78 Å². The van der Waals surface area contributed by atoms with Crippen LogP contribution in [0.5, 0.6) is 11.5 Å². The highest BCUT2D eigenvalue weighted by atomic mass is 32.2. The molecule has 3 aromatic carbocycles. The van der Waals surface area contributed by atoms with Crippen molar-refractivity contribution in [3.63, 3.8) is 0 Å². The summed E-state index contributed by atoms with van der Waals surface area (Å²) in [5, 5.41) is 7.76. The molecule has 0 saturated carbocycles. The predicted octanol–water partition coefficient (Wildman–Crippen LogP) is 4.79. The Hall–Kier alpha value is -4.11. The van der Waals surface area contributed by atoms with Gasteiger partial charge < -0.3 is 14.8 Å². The third-order valence-corrected chi connectivity index (χ3v) is 5.78. The number of amides is 1. The van der Waals surface area contributed by atoms with Gasteiger partial charge in [0, 0.05) is 22.6 Å². The Morgan fingerprint density at radius 1 is 0.941 bits per heavy atom. The first-order chi connectivity index (χ1) is 16.5. The smallest absolute Gasteiger partial charge is 0.271 e. The molecule has 0 unspecified atom stereocenters. The van der Waals surface area contributed by atoms with Crippen LogP contribution < -0.4 is 20.3 Å². The maximum absolute atomic E-state index is 13.1. The zero-order valence-corrected chi connectivity index (χ0v) is 19.1. The Labute approximate surface area is 199 Å². The number of nitrogens with zero attached hydrogens (tertiary/aromatic N) is 2. The summed E-state index contributed by atoms with van der Waals surface area (Å²) in [7, 11) is 3.05. The minimum absolute atomic E-state index is 0.318. The topological polar surface area (TPSA) is 82.4 Å². The number of benzene rings is 3. The van der Waals surface area contributed by atoms with E-state index in [4.69, 9.17) is 9.47 Å². The molecule has 4 rings (SSSR count). The summed E-state index contributed by atoms with van der Waals surface area (Å²) in [5.41, 5.74) is 1.04. The largest absolute Gasteiger partial charge is 0.497 e. The minimum Gasteiger partial charge on any atom is -0.497 e. The maximum Gasteiger partial charge on any atom is 0.271 e. The van der Waals surface area contributed by atoms with Gasteiger partial charge in [-0.3, -0.25) is 9.59 Å². The molecular formula is C25H20FN3O4S. The number of methoxy groups -OCH3 is 2. The first kappa shape index (κ1) is 23.1. The standard InChI is InChI=1S/C25H20FN3O4S/c1-32-19-9-12-22(33-2)21(15-19)27-25(31)16-3-7-18(8-4-16)29-24(30)14-13-23(28-29)34-20-10-5-17(26)6-11-20/h3-15H,1-2H3,(H,27,31). The van der Waals surface area contributed by atoms with E-state index in [1.54, 1.807) is 60.7 Å². The summed E-state index contributed by atoms with van der Waals surface area (Å²) in [6.45, 7) is 0. The summed E-state index contributed by atoms with van der Waals surface area (Å²) in [4.78, 5) is 25.9. The Bertz CT molecular complexity index is 1370. The highest BCUT2D eigenvalue weighted by Gasteiger charge is 2.12. The van der Waals surface area contributed by atoms with Crippen LogP contribution in [-0.2, 0) is 0 Å². The zero-order valence-electron chi connectivity index (χ0n) is 18.3. The molecule has 0 aliphatic heterocycles. The molecule has 34 heavy (non-hydrogen) atoms. The van der Waals surface area contributed by atoms with Crippen LogP contribution in [0.15, 0.2) is 93.6 Å². The number of hydrogen-bond acceptors (Lipinski definition) is 6. The second-order valence-electron chi connectivity index (χ2n) is 7.04. The average molecular weight is 478 g/mol. The molecular weight excluding hydrogens is 457 g/mol. The lowest BCUT2D eigenvalue weighted by Crippen LogP contribution is -2.20. The molecule has 0 saturated heterocycles. The molecule has 7 nitrogen and oxygen atoms in total. The van der Waals surface area contributed by atoms with Gasteiger partial charge in [-0.15, -0.1) is 0 Å². The van der Waals surface area contributed by atoms with Gasteiger partial charge in [-0.25, -0.2) is 4.39 Å². The van der Waals surface area contributed by atoms with Gasteiger partial charge in [-0.1, -0.05) is 11.8 Å². The number of nitrogens with one attached hydrogen (secondary N) is 1. The van der Waals surface area contributed by atoms with Crippen LogP contribution in [0, 0.1) is 5.82 Å². The van der Waals surface area contributed by atoms with Crippen molar-refractivity contribution >= 4 is 23.4 Å². The number of carbonyl (C=O) groups excluding carboxylic acids is 1. The van der Waals surface area contributed by atoms with Crippen LogP contribution >= 0.6 is 11.8 Å². The van der Waals surface area contributed by atoms with Gasteiger partial charge in [-0.2, -0.15) is 9.78 Å². The lowest BCUT2D eigenvalue weighted by Gasteiger charge is -2.12. The van der Waals surface area contributed by atoms with E-state index >= 15 is 0 Å². The van der Waals surface area contributed by atoms with Crippen molar-refractivity contribution in [1.29, 1.82) is 0 Å². The number of rotatable bonds is 7. The van der Waals surface area contributed by atoms with Gasteiger partial charge in [0.1, 0.15) is 22.3 Å². The first-order valence-corrected chi connectivity index (χ1v) is 11.0. The van der Waals surface area contributed by atoms with E-state index in [-0.39, 0.29) is 17.3 Å². The zero-order chi connectivity index (χ0) is 24.1. The van der Waals surface area contributed by atoms with E-state index in [1.807, 2.05) is 0 Å². The molecule has 0 spiro atoms. The SMILES string of the molecule is COc1ccc(OC)c(NC(=O)c2ccc(-n3nc(Sc4ccc(F)cc4)ccc3=O)cc2)c1. The predicted molar refractivity (Wildman–Crippen MR) is 128 cm³/mol. The lowest BCUT2D eigenvalue weighted by molar-refractivity contribution is 0.102. The first-order valence-electron chi connectivity index (χ1n) is 10.1. The van der Waals surface area contributed by atoms with E-state index in [1.165, 1.54) is 48.9 Å². The van der Waals surface area contributed by atoms with Crippen LogP contribution in [0.2, 0.25) is 0 Å². The van der Waals surface area contributed by atoms with Crippen molar-refractivity contribution in [3.8, 4) is 17.2 Å². The molecule has 9 heteroatoms. The number of hydrogen-bond donors (Lipinski definition) is 1. The van der Waals surface area contributed by atoms with E-state index in [9.17, 15) is 14.0 Å². The Morgan fingerprint density at radius 2 is 1.68 bits per heavy atom. The molecule has 0 radical (unpaired) electrons. The molecule has 1 heterocycles. The number of halogens is 1. The Balaban J connectivity index is 1.54. The van der Waals surface area contributed by atoms with E-state index in [0.717, 1.165) is 4.90 Å². The Kier molecular flexibility index (Phi) is 6.93. The third-order valence-electron chi connectivity index (χ3n) is 4.84. The van der Waals surface area contributed by atoms with Crippen LogP contribution in [0.1, 0.15) is 10.4 Å². The van der Waals surface area contributed by atoms with Crippen molar-refractivity contribution in [2.24, 2.45) is 0 Å². The quantitative estimate of drug-likeness (QED) is 0.412. The second-order valence-corrected chi connectivity index (χ2v) is 8.14. The van der Waals surface area contributed by atoms with Crippen LogP contribution in [-0.4, -0.2) is 29.9 Å². The average Bonchev–Trinajstić information content (AvgIpc) is 2.86. The summed E-state index contributed by atoms with van der Waals surface area (Å²) in [5.74, 6) is 0.405. The minimum atomic E-state index is -0.348. The maximum atomic E-state index is 13.1. The summed E-state index contributed by atoms with van der Waals surface area (Å²) >= 11 is 1.31. The lowest BCUT2D eigenvalue weighted by atomic mass is 10.2. The van der Waals surface area contributed by atoms with E-state index in [2.05, 4.69) is 10.4 Å². The third kappa shape index (κ3) is 5.26. The van der Waals surface area contributed by atoms with E-state index in [0.29, 0.717) is 33.5 Å². The van der Waals surface area contributed by atoms with Crippen LogP contribution in [0.3, 0.4) is 0 Å². The highest BCUT2D eigenvalue weighted by Crippen LogP contribution is 2.29. The Morgan fingerprint density at radius 3 is 2.35 bits per heavy atom. The normalized spacial score (nSPS) is 10.6. The molecule has 0 fully saturated rings. The molecule has 1 N–H and O–H groups in total. The molecule has 0 atom stereocenters. The molecule has 1 amide bonds. The van der Waals surface area contributed by atoms with Gasteiger partial charge in [0.15, 0.2) is 0 Å². The van der Waals surface area contributed by atoms with Crippen molar-refractivity contribution in [2.75, 3.05) is 19.5 Å². The number of ether oxygens (including phenoxy) is 2.